The number of aryl methyl sites for hydroxylation is 2. The molecule has 1 saturated carbocycles. The number of hydrogen-bond donors (Lipinski definition) is 1. The molecule has 1 heterocycles. The molecule has 3 nitrogen and oxygen atoms in total. The molecule has 0 unspecified atom stereocenters. The Morgan fingerprint density at radius 3 is 2.80 bits per heavy atom. The topological polar surface area (TPSA) is 29.9 Å². The van der Waals surface area contributed by atoms with Crippen LogP contribution in [0.5, 0.6) is 0 Å². The smallest absolute Gasteiger partial charge is 0.126 e. The molecule has 1 aliphatic rings. The molecule has 0 bridgehead atoms. The van der Waals surface area contributed by atoms with E-state index >= 15 is 0 Å². The van der Waals surface area contributed by atoms with E-state index in [-0.39, 0.29) is 5.82 Å². The van der Waals surface area contributed by atoms with Crippen molar-refractivity contribution >= 4 is 5.69 Å². The van der Waals surface area contributed by atoms with Gasteiger partial charge in [-0.2, -0.15) is 5.10 Å². The summed E-state index contributed by atoms with van der Waals surface area (Å²) in [6, 6.07) is 7.53. The fourth-order valence-corrected chi connectivity index (χ4v) is 2.93. The molecule has 1 aliphatic carbocycles. The van der Waals surface area contributed by atoms with Crippen LogP contribution in [0.15, 0.2) is 30.5 Å². The molecule has 1 aromatic heterocycles. The maximum Gasteiger partial charge on any atom is 0.126 e. The van der Waals surface area contributed by atoms with E-state index in [1.165, 1.54) is 0 Å². The molecule has 106 valence electrons. The summed E-state index contributed by atoms with van der Waals surface area (Å²) in [5.74, 6) is 0.266. The Morgan fingerprint density at radius 1 is 1.35 bits per heavy atom. The summed E-state index contributed by atoms with van der Waals surface area (Å²) in [6.45, 7) is 2.11. The molecule has 1 fully saturated rings. The second kappa shape index (κ2) is 5.27. The zero-order chi connectivity index (χ0) is 14.1. The van der Waals surface area contributed by atoms with Gasteiger partial charge in [0.05, 0.1) is 11.4 Å². The quantitative estimate of drug-likeness (QED) is 0.924. The van der Waals surface area contributed by atoms with Gasteiger partial charge in [-0.25, -0.2) is 4.39 Å². The molecule has 0 atom stereocenters. The van der Waals surface area contributed by atoms with Gasteiger partial charge in [-0.1, -0.05) is 25.1 Å². The van der Waals surface area contributed by atoms with Gasteiger partial charge in [0.2, 0.25) is 0 Å². The van der Waals surface area contributed by atoms with Crippen LogP contribution in [0.2, 0.25) is 0 Å². The largest absolute Gasteiger partial charge is 0.380 e. The molecular weight excluding hydrogens is 253 g/mol. The van der Waals surface area contributed by atoms with Gasteiger partial charge in [-0.3, -0.25) is 4.68 Å². The van der Waals surface area contributed by atoms with Crippen LogP contribution in [0, 0.1) is 5.82 Å². The first-order valence-corrected chi connectivity index (χ1v) is 7.21. The molecule has 4 heteroatoms. The summed E-state index contributed by atoms with van der Waals surface area (Å²) in [5.41, 5.74) is 3.07. The monoisotopic (exact) mass is 273 g/mol. The fourth-order valence-electron chi connectivity index (χ4n) is 2.93. The Morgan fingerprint density at radius 2 is 2.10 bits per heavy atom. The third-order valence-corrected chi connectivity index (χ3v) is 4.08. The lowest BCUT2D eigenvalue weighted by Gasteiger charge is -2.36. The molecule has 0 saturated heterocycles. The van der Waals surface area contributed by atoms with Crippen LogP contribution in [0.25, 0.3) is 0 Å². The van der Waals surface area contributed by atoms with Gasteiger partial charge < -0.3 is 5.32 Å². The van der Waals surface area contributed by atoms with Crippen molar-refractivity contribution in [2.45, 2.75) is 38.1 Å². The van der Waals surface area contributed by atoms with Crippen molar-refractivity contribution < 1.29 is 4.39 Å². The van der Waals surface area contributed by atoms with E-state index in [1.807, 2.05) is 30.1 Å². The highest BCUT2D eigenvalue weighted by Gasteiger charge is 2.32. The van der Waals surface area contributed by atoms with Gasteiger partial charge in [0.1, 0.15) is 5.82 Å². The standard InChI is InChI=1S/C16H20FN3/c1-3-15-16(10-20(2)19-15)18-12-8-11(9-12)13-6-4-5-7-14(13)17/h4-7,10-12,18H,3,8-9H2,1-2H3. The second-order valence-corrected chi connectivity index (χ2v) is 5.55. The molecule has 0 amide bonds. The predicted octanol–water partition coefficient (Wildman–Crippen LogP) is 3.48. The Kier molecular flexibility index (Phi) is 3.47. The highest BCUT2D eigenvalue weighted by Crippen LogP contribution is 2.39. The van der Waals surface area contributed by atoms with E-state index in [0.29, 0.717) is 12.0 Å². The third kappa shape index (κ3) is 2.42. The van der Waals surface area contributed by atoms with E-state index in [0.717, 1.165) is 36.2 Å². The second-order valence-electron chi connectivity index (χ2n) is 5.55. The predicted molar refractivity (Wildman–Crippen MR) is 78.4 cm³/mol. The zero-order valence-electron chi connectivity index (χ0n) is 11.9. The highest BCUT2D eigenvalue weighted by molar-refractivity contribution is 5.48. The van der Waals surface area contributed by atoms with Gasteiger partial charge in [0.15, 0.2) is 0 Å². The summed E-state index contributed by atoms with van der Waals surface area (Å²) in [5, 5.41) is 7.96. The van der Waals surface area contributed by atoms with Crippen molar-refractivity contribution in [3.63, 3.8) is 0 Å². The number of hydrogen-bond acceptors (Lipinski definition) is 2. The van der Waals surface area contributed by atoms with Crippen molar-refractivity contribution in [3.05, 3.63) is 47.5 Å². The Balaban J connectivity index is 1.62. The van der Waals surface area contributed by atoms with Crippen LogP contribution >= 0.6 is 0 Å². The Hall–Kier alpha value is -1.84. The van der Waals surface area contributed by atoms with E-state index in [4.69, 9.17) is 0 Å². The summed E-state index contributed by atoms with van der Waals surface area (Å²) >= 11 is 0. The molecular formula is C16H20FN3. The normalized spacial score (nSPS) is 21.6. The van der Waals surface area contributed by atoms with E-state index in [2.05, 4.69) is 17.3 Å². The number of nitrogens with one attached hydrogen (secondary N) is 1. The summed E-state index contributed by atoms with van der Waals surface area (Å²) in [7, 11) is 1.94. The fraction of sp³-hybridized carbons (Fsp3) is 0.438. The van der Waals surface area contributed by atoms with Crippen LogP contribution in [-0.4, -0.2) is 15.8 Å². The molecule has 0 spiro atoms. The molecule has 0 radical (unpaired) electrons. The molecule has 2 aromatic rings. The van der Waals surface area contributed by atoms with Crippen molar-refractivity contribution in [3.8, 4) is 0 Å². The van der Waals surface area contributed by atoms with Gasteiger partial charge >= 0.3 is 0 Å². The van der Waals surface area contributed by atoms with Crippen molar-refractivity contribution in [2.75, 3.05) is 5.32 Å². The summed E-state index contributed by atoms with van der Waals surface area (Å²) in [4.78, 5) is 0. The lowest BCUT2D eigenvalue weighted by molar-refractivity contribution is 0.363. The van der Waals surface area contributed by atoms with Gasteiger partial charge in [0.25, 0.3) is 0 Å². The number of nitrogens with zero attached hydrogens (tertiary/aromatic N) is 2. The Bertz CT molecular complexity index is 600. The lowest BCUT2D eigenvalue weighted by Crippen LogP contribution is -2.34. The SMILES string of the molecule is CCc1nn(C)cc1NC1CC(c2ccccc2F)C1. The zero-order valence-corrected chi connectivity index (χ0v) is 11.9. The maximum atomic E-state index is 13.7. The van der Waals surface area contributed by atoms with Gasteiger partial charge in [-0.05, 0) is 36.8 Å². The summed E-state index contributed by atoms with van der Waals surface area (Å²) < 4.78 is 15.5. The van der Waals surface area contributed by atoms with Crippen molar-refractivity contribution in [2.24, 2.45) is 7.05 Å². The summed E-state index contributed by atoms with van der Waals surface area (Å²) in [6.07, 6.45) is 4.92. The molecule has 1 aromatic carbocycles. The van der Waals surface area contributed by atoms with Crippen LogP contribution in [0.3, 0.4) is 0 Å². The average molecular weight is 273 g/mol. The van der Waals surface area contributed by atoms with Crippen molar-refractivity contribution in [1.29, 1.82) is 0 Å². The maximum absolute atomic E-state index is 13.7. The molecule has 1 N–H and O–H groups in total. The van der Waals surface area contributed by atoms with Crippen LogP contribution in [0.4, 0.5) is 10.1 Å². The Labute approximate surface area is 118 Å². The average Bonchev–Trinajstić information content (AvgIpc) is 2.75. The van der Waals surface area contributed by atoms with Crippen LogP contribution in [-0.2, 0) is 13.5 Å². The minimum absolute atomic E-state index is 0.0772. The number of rotatable bonds is 4. The van der Waals surface area contributed by atoms with Gasteiger partial charge in [0, 0.05) is 19.3 Å². The van der Waals surface area contributed by atoms with Crippen LogP contribution in [0.1, 0.15) is 36.9 Å². The highest BCUT2D eigenvalue weighted by atomic mass is 19.1. The lowest BCUT2D eigenvalue weighted by atomic mass is 9.75. The van der Waals surface area contributed by atoms with Crippen LogP contribution < -0.4 is 5.32 Å². The number of benzene rings is 1. The number of aromatic nitrogens is 2. The van der Waals surface area contributed by atoms with E-state index < -0.39 is 0 Å². The minimum Gasteiger partial charge on any atom is -0.380 e. The number of anilines is 1. The first-order chi connectivity index (χ1) is 9.67. The molecule has 3 rings (SSSR count). The van der Waals surface area contributed by atoms with E-state index in [1.54, 1.807) is 12.1 Å². The molecule has 20 heavy (non-hydrogen) atoms. The first-order valence-electron chi connectivity index (χ1n) is 7.21. The minimum atomic E-state index is -0.0772. The molecule has 0 aliphatic heterocycles. The first kappa shape index (κ1) is 13.2. The van der Waals surface area contributed by atoms with Crippen molar-refractivity contribution in [1.82, 2.24) is 9.78 Å². The van der Waals surface area contributed by atoms with Gasteiger partial charge in [-0.15, -0.1) is 0 Å². The number of halogens is 1. The third-order valence-electron chi connectivity index (χ3n) is 4.08. The van der Waals surface area contributed by atoms with E-state index in [9.17, 15) is 4.39 Å².